The number of nitriles is 1. The molecule has 1 N–H and O–H groups in total. The molecule has 0 aliphatic carbocycles. The van der Waals surface area contributed by atoms with Crippen LogP contribution in [0.4, 0.5) is 10.2 Å². The average molecular weight is 308 g/mol. The number of nitrogens with zero attached hydrogens (tertiary/aromatic N) is 3. The van der Waals surface area contributed by atoms with Crippen molar-refractivity contribution in [3.8, 4) is 6.07 Å². The Balaban J connectivity index is 2.05. The van der Waals surface area contributed by atoms with E-state index in [4.69, 9.17) is 0 Å². The quantitative estimate of drug-likeness (QED) is 0.800. The molecule has 5 heteroatoms. The molecular formula is C18H17FN4. The van der Waals surface area contributed by atoms with Gasteiger partial charge in [-0.25, -0.2) is 9.37 Å². The largest absolute Gasteiger partial charge is 0.355 e. The minimum Gasteiger partial charge on any atom is -0.355 e. The summed E-state index contributed by atoms with van der Waals surface area (Å²) < 4.78 is 13.0. The monoisotopic (exact) mass is 308 g/mol. The Bertz CT molecular complexity index is 903. The summed E-state index contributed by atoms with van der Waals surface area (Å²) in [6.07, 6.45) is 0. The van der Waals surface area contributed by atoms with Gasteiger partial charge in [0.2, 0.25) is 0 Å². The Hall–Kier alpha value is -2.87. The highest BCUT2D eigenvalue weighted by Crippen LogP contribution is 2.29. The van der Waals surface area contributed by atoms with Gasteiger partial charge in [-0.05, 0) is 43.2 Å². The Morgan fingerprint density at radius 3 is 2.61 bits per heavy atom. The van der Waals surface area contributed by atoms with E-state index in [-0.39, 0.29) is 5.82 Å². The number of nitrogens with one attached hydrogen (secondary N) is 1. The zero-order valence-electron chi connectivity index (χ0n) is 13.3. The van der Waals surface area contributed by atoms with Crippen LogP contribution in [-0.4, -0.2) is 17.0 Å². The van der Waals surface area contributed by atoms with E-state index in [1.807, 2.05) is 31.9 Å². The lowest BCUT2D eigenvalue weighted by Crippen LogP contribution is -2.18. The lowest BCUT2D eigenvalue weighted by atomic mass is 10.1. The Morgan fingerprint density at radius 2 is 1.96 bits per heavy atom. The van der Waals surface area contributed by atoms with Crippen LogP contribution >= 0.6 is 0 Å². The molecule has 0 radical (unpaired) electrons. The summed E-state index contributed by atoms with van der Waals surface area (Å²) in [4.78, 5) is 9.76. The minimum atomic E-state index is -0.251. The number of benzene rings is 1. The molecule has 3 aromatic rings. The van der Waals surface area contributed by atoms with Crippen molar-refractivity contribution in [2.45, 2.75) is 20.4 Å². The zero-order valence-corrected chi connectivity index (χ0v) is 13.3. The number of pyridine rings is 1. The number of aryl methyl sites for hydroxylation is 2. The molecule has 0 aliphatic rings. The van der Waals surface area contributed by atoms with E-state index in [9.17, 15) is 9.65 Å². The first kappa shape index (κ1) is 15.0. The molecule has 0 atom stereocenters. The van der Waals surface area contributed by atoms with E-state index in [0.717, 1.165) is 33.5 Å². The summed E-state index contributed by atoms with van der Waals surface area (Å²) in [5, 5.41) is 10.2. The molecule has 116 valence electrons. The average Bonchev–Trinajstić information content (AvgIpc) is 2.83. The van der Waals surface area contributed by atoms with E-state index in [2.05, 4.69) is 16.0 Å². The number of aromatic nitrogens is 2. The predicted octanol–water partition coefficient (Wildman–Crippen LogP) is 3.83. The lowest BCUT2D eigenvalue weighted by Gasteiger charge is -2.19. The number of anilines is 1. The van der Waals surface area contributed by atoms with Gasteiger partial charge in [-0.2, -0.15) is 5.26 Å². The van der Waals surface area contributed by atoms with Gasteiger partial charge in [0.1, 0.15) is 17.6 Å². The third kappa shape index (κ3) is 2.76. The molecule has 0 aliphatic heterocycles. The third-order valence-electron chi connectivity index (χ3n) is 4.09. The van der Waals surface area contributed by atoms with Gasteiger partial charge >= 0.3 is 0 Å². The first-order chi connectivity index (χ1) is 11.0. The Labute approximate surface area is 134 Å². The summed E-state index contributed by atoms with van der Waals surface area (Å²) in [7, 11) is 1.91. The van der Waals surface area contributed by atoms with Crippen molar-refractivity contribution in [2.75, 3.05) is 11.9 Å². The van der Waals surface area contributed by atoms with Crippen molar-refractivity contribution in [1.29, 1.82) is 5.26 Å². The summed E-state index contributed by atoms with van der Waals surface area (Å²) in [5.41, 5.74) is 4.47. The van der Waals surface area contributed by atoms with Gasteiger partial charge in [-0.15, -0.1) is 0 Å². The highest BCUT2D eigenvalue weighted by atomic mass is 19.1. The van der Waals surface area contributed by atoms with Crippen molar-refractivity contribution in [2.24, 2.45) is 0 Å². The molecule has 0 saturated carbocycles. The van der Waals surface area contributed by atoms with Crippen LogP contribution in [0.2, 0.25) is 0 Å². The van der Waals surface area contributed by atoms with Crippen LogP contribution in [-0.2, 0) is 6.54 Å². The summed E-state index contributed by atoms with van der Waals surface area (Å²) >= 11 is 0. The molecular weight excluding hydrogens is 291 g/mol. The van der Waals surface area contributed by atoms with Gasteiger partial charge in [0.25, 0.3) is 0 Å². The second kappa shape index (κ2) is 5.73. The molecule has 23 heavy (non-hydrogen) atoms. The van der Waals surface area contributed by atoms with Crippen molar-refractivity contribution in [1.82, 2.24) is 9.97 Å². The van der Waals surface area contributed by atoms with Crippen LogP contribution in [0.25, 0.3) is 10.9 Å². The predicted molar refractivity (Wildman–Crippen MR) is 88.8 cm³/mol. The Kier molecular flexibility index (Phi) is 3.75. The van der Waals surface area contributed by atoms with Crippen LogP contribution < -0.4 is 4.90 Å². The van der Waals surface area contributed by atoms with Gasteiger partial charge in [0.05, 0.1) is 5.52 Å². The van der Waals surface area contributed by atoms with Crippen molar-refractivity contribution < 1.29 is 4.39 Å². The SMILES string of the molecule is Cc1[nH]c2c(N(C)Cc3ccc(F)cc3)nc(C#N)cc2c1C. The zero-order chi connectivity index (χ0) is 16.6. The molecule has 3 rings (SSSR count). The highest BCUT2D eigenvalue weighted by Gasteiger charge is 2.15. The summed E-state index contributed by atoms with van der Waals surface area (Å²) in [6.45, 7) is 4.61. The molecule has 0 fully saturated rings. The van der Waals surface area contributed by atoms with Crippen LogP contribution in [0, 0.1) is 31.0 Å². The van der Waals surface area contributed by atoms with Crippen molar-refractivity contribution in [3.63, 3.8) is 0 Å². The fourth-order valence-electron chi connectivity index (χ4n) is 2.71. The number of H-pyrrole nitrogens is 1. The number of halogens is 1. The fourth-order valence-corrected chi connectivity index (χ4v) is 2.71. The Morgan fingerprint density at radius 1 is 1.26 bits per heavy atom. The topological polar surface area (TPSA) is 55.7 Å². The molecule has 1 aromatic carbocycles. The maximum Gasteiger partial charge on any atom is 0.154 e. The van der Waals surface area contributed by atoms with Gasteiger partial charge in [0.15, 0.2) is 5.82 Å². The number of aromatic amines is 1. The standard InChI is InChI=1S/C18H17FN4/c1-11-12(2)21-17-16(11)8-15(9-20)22-18(17)23(3)10-13-4-6-14(19)7-5-13/h4-8,21H,10H2,1-3H3. The van der Waals surface area contributed by atoms with Crippen LogP contribution in [0.3, 0.4) is 0 Å². The molecule has 0 unspecified atom stereocenters. The first-order valence-electron chi connectivity index (χ1n) is 7.35. The fraction of sp³-hybridized carbons (Fsp3) is 0.222. The molecule has 0 bridgehead atoms. The first-order valence-corrected chi connectivity index (χ1v) is 7.35. The number of fused-ring (bicyclic) bond motifs is 1. The summed E-state index contributed by atoms with van der Waals surface area (Å²) in [6, 6.07) is 10.3. The van der Waals surface area contributed by atoms with E-state index in [0.29, 0.717) is 12.2 Å². The van der Waals surface area contributed by atoms with Crippen LogP contribution in [0.15, 0.2) is 30.3 Å². The maximum absolute atomic E-state index is 13.0. The van der Waals surface area contributed by atoms with E-state index in [1.165, 1.54) is 12.1 Å². The maximum atomic E-state index is 13.0. The molecule has 2 aromatic heterocycles. The second-order valence-corrected chi connectivity index (χ2v) is 5.72. The number of hydrogen-bond acceptors (Lipinski definition) is 3. The van der Waals surface area contributed by atoms with Crippen molar-refractivity contribution >= 4 is 16.7 Å². The molecule has 0 spiro atoms. The van der Waals surface area contributed by atoms with Gasteiger partial charge < -0.3 is 9.88 Å². The summed E-state index contributed by atoms with van der Waals surface area (Å²) in [5.74, 6) is 0.471. The number of rotatable bonds is 3. The van der Waals surface area contributed by atoms with E-state index >= 15 is 0 Å². The lowest BCUT2D eigenvalue weighted by molar-refractivity contribution is 0.627. The van der Waals surface area contributed by atoms with E-state index in [1.54, 1.807) is 12.1 Å². The van der Waals surface area contributed by atoms with Crippen molar-refractivity contribution in [3.05, 3.63) is 58.7 Å². The molecule has 0 saturated heterocycles. The van der Waals surface area contributed by atoms with Crippen LogP contribution in [0.5, 0.6) is 0 Å². The smallest absolute Gasteiger partial charge is 0.154 e. The third-order valence-corrected chi connectivity index (χ3v) is 4.09. The molecule has 2 heterocycles. The molecule has 0 amide bonds. The highest BCUT2D eigenvalue weighted by molar-refractivity contribution is 5.93. The van der Waals surface area contributed by atoms with Gasteiger partial charge in [-0.1, -0.05) is 12.1 Å². The van der Waals surface area contributed by atoms with Gasteiger partial charge in [0, 0.05) is 24.7 Å². The number of hydrogen-bond donors (Lipinski definition) is 1. The normalized spacial score (nSPS) is 10.7. The minimum absolute atomic E-state index is 0.251. The van der Waals surface area contributed by atoms with Crippen LogP contribution in [0.1, 0.15) is 22.5 Å². The second-order valence-electron chi connectivity index (χ2n) is 5.72. The van der Waals surface area contributed by atoms with Gasteiger partial charge in [-0.3, -0.25) is 0 Å². The molecule has 4 nitrogen and oxygen atoms in total. The van der Waals surface area contributed by atoms with E-state index < -0.39 is 0 Å².